The van der Waals surface area contributed by atoms with Gasteiger partial charge in [0.1, 0.15) is 18.4 Å². The van der Waals surface area contributed by atoms with E-state index in [1.54, 1.807) is 19.2 Å². The summed E-state index contributed by atoms with van der Waals surface area (Å²) in [6.07, 6.45) is -1.55. The highest BCUT2D eigenvalue weighted by Crippen LogP contribution is 2.38. The Morgan fingerprint density at radius 2 is 1.83 bits per heavy atom. The van der Waals surface area contributed by atoms with Crippen molar-refractivity contribution in [2.75, 3.05) is 7.11 Å². The van der Waals surface area contributed by atoms with E-state index in [9.17, 15) is 9.59 Å². The minimum Gasteiger partial charge on any atom is -0.497 e. The van der Waals surface area contributed by atoms with E-state index in [0.717, 1.165) is 11.1 Å². The number of methoxy groups -OCH3 is 1. The third-order valence-electron chi connectivity index (χ3n) is 4.91. The summed E-state index contributed by atoms with van der Waals surface area (Å²) in [5.41, 5.74) is 1.62. The van der Waals surface area contributed by atoms with Gasteiger partial charge in [0.15, 0.2) is 6.23 Å². The molecule has 0 aliphatic carbocycles. The summed E-state index contributed by atoms with van der Waals surface area (Å²) >= 11 is 0. The van der Waals surface area contributed by atoms with Crippen LogP contribution in [0.25, 0.3) is 0 Å². The standard InChI is InChI=1S/C23H27NO6/c1-16(2)13-20-22(29-15-25)30-21(18-9-11-19(27-3)12-10-18)24(20)23(26)28-14-17-7-5-4-6-8-17/h4-12,15-16,20-22H,13-14H2,1-3H3/t20-,21?,22+/m0/s1. The van der Waals surface area contributed by atoms with Gasteiger partial charge in [-0.3, -0.25) is 9.69 Å². The Balaban J connectivity index is 1.87. The summed E-state index contributed by atoms with van der Waals surface area (Å²) in [7, 11) is 1.58. The molecule has 3 atom stereocenters. The smallest absolute Gasteiger partial charge is 0.412 e. The topological polar surface area (TPSA) is 74.3 Å². The maximum atomic E-state index is 13.1. The fraction of sp³-hybridized carbons (Fsp3) is 0.391. The number of ether oxygens (including phenoxy) is 4. The van der Waals surface area contributed by atoms with Crippen LogP contribution < -0.4 is 4.74 Å². The second kappa shape index (κ2) is 10.1. The minimum atomic E-state index is -0.874. The van der Waals surface area contributed by atoms with Gasteiger partial charge in [0.05, 0.1) is 7.11 Å². The Kier molecular flexibility index (Phi) is 7.30. The van der Waals surface area contributed by atoms with Crippen molar-refractivity contribution in [2.24, 2.45) is 5.92 Å². The van der Waals surface area contributed by atoms with Gasteiger partial charge in [0, 0.05) is 5.56 Å². The molecular weight excluding hydrogens is 386 g/mol. The first-order chi connectivity index (χ1) is 14.5. The molecule has 0 spiro atoms. The van der Waals surface area contributed by atoms with E-state index in [4.69, 9.17) is 18.9 Å². The molecule has 2 aromatic carbocycles. The molecule has 160 valence electrons. The average molecular weight is 413 g/mol. The lowest BCUT2D eigenvalue weighted by Gasteiger charge is -2.28. The van der Waals surface area contributed by atoms with E-state index in [1.807, 2.05) is 56.3 Å². The van der Waals surface area contributed by atoms with Crippen molar-refractivity contribution in [2.45, 2.75) is 45.4 Å². The molecule has 7 heteroatoms. The zero-order chi connectivity index (χ0) is 21.5. The minimum absolute atomic E-state index is 0.138. The van der Waals surface area contributed by atoms with Gasteiger partial charge in [-0.25, -0.2) is 4.79 Å². The van der Waals surface area contributed by atoms with Gasteiger partial charge in [-0.1, -0.05) is 56.3 Å². The predicted molar refractivity (Wildman–Crippen MR) is 109 cm³/mol. The number of amides is 1. The molecule has 1 fully saturated rings. The molecule has 0 aromatic heterocycles. The summed E-state index contributed by atoms with van der Waals surface area (Å²) in [6, 6.07) is 16.2. The lowest BCUT2D eigenvalue weighted by atomic mass is 10.0. The number of carbonyl (C=O) groups excluding carboxylic acids is 2. The van der Waals surface area contributed by atoms with Crippen LogP contribution in [0.1, 0.15) is 37.6 Å². The third kappa shape index (κ3) is 5.10. The van der Waals surface area contributed by atoms with Crippen molar-refractivity contribution in [1.82, 2.24) is 4.90 Å². The van der Waals surface area contributed by atoms with Crippen LogP contribution in [0.2, 0.25) is 0 Å². The molecule has 0 saturated carbocycles. The van der Waals surface area contributed by atoms with Crippen LogP contribution in [-0.4, -0.2) is 36.9 Å². The van der Waals surface area contributed by atoms with Crippen molar-refractivity contribution in [3.63, 3.8) is 0 Å². The molecular formula is C23H27NO6. The molecule has 1 unspecified atom stereocenters. The van der Waals surface area contributed by atoms with Gasteiger partial charge in [-0.05, 0) is 30.0 Å². The molecule has 7 nitrogen and oxygen atoms in total. The lowest BCUT2D eigenvalue weighted by Crippen LogP contribution is -2.42. The average Bonchev–Trinajstić information content (AvgIpc) is 3.10. The molecule has 1 amide bonds. The van der Waals surface area contributed by atoms with Crippen molar-refractivity contribution in [3.8, 4) is 5.75 Å². The monoisotopic (exact) mass is 413 g/mol. The third-order valence-corrected chi connectivity index (χ3v) is 4.91. The van der Waals surface area contributed by atoms with Crippen LogP contribution >= 0.6 is 0 Å². The zero-order valence-corrected chi connectivity index (χ0v) is 17.4. The van der Waals surface area contributed by atoms with E-state index in [2.05, 4.69) is 0 Å². The first-order valence-corrected chi connectivity index (χ1v) is 9.91. The normalized spacial score (nSPS) is 20.8. The summed E-state index contributed by atoms with van der Waals surface area (Å²) in [5, 5.41) is 0. The van der Waals surface area contributed by atoms with Crippen molar-refractivity contribution < 1.29 is 28.5 Å². The molecule has 0 bridgehead atoms. The number of nitrogens with zero attached hydrogens (tertiary/aromatic N) is 1. The van der Waals surface area contributed by atoms with Crippen LogP contribution in [0.4, 0.5) is 4.79 Å². The highest BCUT2D eigenvalue weighted by Gasteiger charge is 2.48. The van der Waals surface area contributed by atoms with Crippen molar-refractivity contribution in [1.29, 1.82) is 0 Å². The Labute approximate surface area is 176 Å². The van der Waals surface area contributed by atoms with Crippen molar-refractivity contribution in [3.05, 3.63) is 65.7 Å². The van der Waals surface area contributed by atoms with E-state index in [-0.39, 0.29) is 12.5 Å². The fourth-order valence-electron chi connectivity index (χ4n) is 3.51. The van der Waals surface area contributed by atoms with E-state index in [0.29, 0.717) is 18.6 Å². The molecule has 0 radical (unpaired) electrons. The van der Waals surface area contributed by atoms with E-state index < -0.39 is 24.7 Å². The zero-order valence-electron chi connectivity index (χ0n) is 17.4. The molecule has 1 aliphatic heterocycles. The first kappa shape index (κ1) is 21.6. The molecule has 2 aromatic rings. The van der Waals surface area contributed by atoms with Crippen LogP contribution in [0.5, 0.6) is 5.75 Å². The summed E-state index contributed by atoms with van der Waals surface area (Å²) in [4.78, 5) is 25.7. The van der Waals surface area contributed by atoms with Gasteiger partial charge in [-0.15, -0.1) is 0 Å². The molecule has 3 rings (SSSR count). The van der Waals surface area contributed by atoms with Gasteiger partial charge in [0.2, 0.25) is 6.29 Å². The Hall–Kier alpha value is -3.06. The first-order valence-electron chi connectivity index (χ1n) is 9.91. The highest BCUT2D eigenvalue weighted by atomic mass is 16.7. The molecule has 0 N–H and O–H groups in total. The maximum Gasteiger partial charge on any atom is 0.412 e. The van der Waals surface area contributed by atoms with Gasteiger partial charge in [0.25, 0.3) is 6.47 Å². The largest absolute Gasteiger partial charge is 0.497 e. The fourth-order valence-corrected chi connectivity index (χ4v) is 3.51. The van der Waals surface area contributed by atoms with Crippen molar-refractivity contribution >= 4 is 12.6 Å². The lowest BCUT2D eigenvalue weighted by molar-refractivity contribution is -0.163. The summed E-state index contributed by atoms with van der Waals surface area (Å²) in [6.45, 7) is 4.55. The molecule has 1 heterocycles. The summed E-state index contributed by atoms with van der Waals surface area (Å²) in [5.74, 6) is 0.935. The molecule has 1 saturated heterocycles. The number of carbonyl (C=O) groups is 2. The van der Waals surface area contributed by atoms with Gasteiger partial charge >= 0.3 is 6.09 Å². The number of hydrogen-bond donors (Lipinski definition) is 0. The maximum absolute atomic E-state index is 13.1. The molecule has 1 aliphatic rings. The van der Waals surface area contributed by atoms with Crippen LogP contribution in [0.3, 0.4) is 0 Å². The second-order valence-electron chi connectivity index (χ2n) is 7.51. The van der Waals surface area contributed by atoms with E-state index in [1.165, 1.54) is 4.90 Å². The van der Waals surface area contributed by atoms with Gasteiger partial charge in [-0.2, -0.15) is 0 Å². The van der Waals surface area contributed by atoms with Gasteiger partial charge < -0.3 is 18.9 Å². The number of rotatable bonds is 8. The van der Waals surface area contributed by atoms with Crippen LogP contribution in [0.15, 0.2) is 54.6 Å². The SMILES string of the molecule is COc1ccc(C2O[C@@H](OC=O)[C@H](CC(C)C)N2C(=O)OCc2ccccc2)cc1. The van der Waals surface area contributed by atoms with Crippen LogP contribution in [0, 0.1) is 5.92 Å². The summed E-state index contributed by atoms with van der Waals surface area (Å²) < 4.78 is 22.0. The molecule has 30 heavy (non-hydrogen) atoms. The Morgan fingerprint density at radius 3 is 2.43 bits per heavy atom. The van der Waals surface area contributed by atoms with E-state index >= 15 is 0 Å². The number of benzene rings is 2. The Morgan fingerprint density at radius 1 is 1.13 bits per heavy atom. The predicted octanol–water partition coefficient (Wildman–Crippen LogP) is 4.28. The number of hydrogen-bond acceptors (Lipinski definition) is 6. The van der Waals surface area contributed by atoms with Crippen LogP contribution in [-0.2, 0) is 25.6 Å². The second-order valence-corrected chi connectivity index (χ2v) is 7.51. The highest BCUT2D eigenvalue weighted by molar-refractivity contribution is 5.69. The Bertz CT molecular complexity index is 823. The quantitative estimate of drug-likeness (QED) is 0.602.